The van der Waals surface area contributed by atoms with Crippen LogP contribution < -0.4 is 0 Å². The Morgan fingerprint density at radius 1 is 0.946 bits per heavy atom. The third-order valence-electron chi connectivity index (χ3n) is 7.07. The first kappa shape index (κ1) is 25.4. The zero-order valence-electron chi connectivity index (χ0n) is 20.0. The van der Waals surface area contributed by atoms with Crippen LogP contribution in [0, 0.1) is 0 Å². The lowest BCUT2D eigenvalue weighted by Crippen LogP contribution is -2.43. The standard InChI is InChI=1S/C29H26F3NO3S/c30-29(31,32)24-17-20(6-8-23(24)19-4-2-1-3-5-19)26-18-21-16-22(7-9-25(21)37-26)28(36)11-14-33(15-12-28)13-10-27(34)35/h1-9,16-18,36H,10-15H2,(H,34,35). The highest BCUT2D eigenvalue weighted by molar-refractivity contribution is 7.22. The van der Waals surface area contributed by atoms with E-state index in [4.69, 9.17) is 5.11 Å². The van der Waals surface area contributed by atoms with E-state index in [-0.39, 0.29) is 12.0 Å². The highest BCUT2D eigenvalue weighted by Gasteiger charge is 2.35. The van der Waals surface area contributed by atoms with Crippen molar-refractivity contribution in [2.75, 3.05) is 19.6 Å². The summed E-state index contributed by atoms with van der Waals surface area (Å²) in [6.07, 6.45) is -3.44. The Morgan fingerprint density at radius 3 is 2.35 bits per heavy atom. The molecule has 0 spiro atoms. The van der Waals surface area contributed by atoms with Gasteiger partial charge in [0.05, 0.1) is 17.6 Å². The number of thiophene rings is 1. The third-order valence-corrected chi connectivity index (χ3v) is 8.24. The number of aliphatic carboxylic acids is 1. The topological polar surface area (TPSA) is 60.8 Å². The molecule has 37 heavy (non-hydrogen) atoms. The van der Waals surface area contributed by atoms with Gasteiger partial charge >= 0.3 is 12.1 Å². The summed E-state index contributed by atoms with van der Waals surface area (Å²) in [7, 11) is 0. The number of piperidine rings is 1. The second-order valence-corrected chi connectivity index (χ2v) is 10.6. The molecule has 0 amide bonds. The Balaban J connectivity index is 1.42. The summed E-state index contributed by atoms with van der Waals surface area (Å²) in [5.41, 5.74) is 0.259. The molecule has 5 rings (SSSR count). The maximum atomic E-state index is 14.0. The smallest absolute Gasteiger partial charge is 0.417 e. The van der Waals surface area contributed by atoms with Crippen LogP contribution in [0.25, 0.3) is 31.7 Å². The lowest BCUT2D eigenvalue weighted by atomic mass is 9.84. The first-order valence-electron chi connectivity index (χ1n) is 12.1. The summed E-state index contributed by atoms with van der Waals surface area (Å²) in [6.45, 7) is 1.66. The van der Waals surface area contributed by atoms with Gasteiger partial charge in [0.2, 0.25) is 0 Å². The Hall–Kier alpha value is -3.20. The van der Waals surface area contributed by atoms with Crippen molar-refractivity contribution in [3.05, 3.63) is 83.9 Å². The maximum absolute atomic E-state index is 14.0. The van der Waals surface area contributed by atoms with Gasteiger partial charge in [-0.2, -0.15) is 13.2 Å². The predicted octanol–water partition coefficient (Wildman–Crippen LogP) is 7.01. The number of hydrogen-bond donors (Lipinski definition) is 2. The van der Waals surface area contributed by atoms with E-state index in [9.17, 15) is 23.1 Å². The molecule has 0 aliphatic carbocycles. The molecule has 1 fully saturated rings. The number of aliphatic hydroxyl groups is 1. The summed E-state index contributed by atoms with van der Waals surface area (Å²) >= 11 is 1.42. The van der Waals surface area contributed by atoms with E-state index < -0.39 is 23.3 Å². The van der Waals surface area contributed by atoms with Crippen LogP contribution in [0.1, 0.15) is 30.4 Å². The van der Waals surface area contributed by atoms with Gasteiger partial charge in [-0.25, -0.2) is 0 Å². The zero-order valence-corrected chi connectivity index (χ0v) is 20.8. The van der Waals surface area contributed by atoms with Crippen LogP contribution in [0.2, 0.25) is 0 Å². The fourth-order valence-corrected chi connectivity index (χ4v) is 6.00. The Labute approximate surface area is 216 Å². The SMILES string of the molecule is O=C(O)CCN1CCC(O)(c2ccc3sc(-c4ccc(-c5ccccc5)c(C(F)(F)F)c4)cc3c2)CC1. The Bertz CT molecular complexity index is 1420. The van der Waals surface area contributed by atoms with E-state index in [1.807, 2.05) is 29.2 Å². The molecule has 192 valence electrons. The van der Waals surface area contributed by atoms with Gasteiger partial charge in [-0.3, -0.25) is 4.79 Å². The van der Waals surface area contributed by atoms with Crippen molar-refractivity contribution in [3.63, 3.8) is 0 Å². The van der Waals surface area contributed by atoms with Gasteiger partial charge in [0.15, 0.2) is 0 Å². The van der Waals surface area contributed by atoms with Crippen molar-refractivity contribution >= 4 is 27.4 Å². The number of hydrogen-bond acceptors (Lipinski definition) is 4. The second kappa shape index (κ2) is 9.93. The third kappa shape index (κ3) is 5.42. The molecule has 2 N–H and O–H groups in total. The van der Waals surface area contributed by atoms with Gasteiger partial charge < -0.3 is 15.1 Å². The molecule has 4 aromatic rings. The summed E-state index contributed by atoms with van der Waals surface area (Å²) in [5.74, 6) is -0.836. The van der Waals surface area contributed by atoms with E-state index in [0.29, 0.717) is 43.6 Å². The summed E-state index contributed by atoms with van der Waals surface area (Å²) in [4.78, 5) is 13.6. The lowest BCUT2D eigenvalue weighted by Gasteiger charge is -2.38. The summed E-state index contributed by atoms with van der Waals surface area (Å²) < 4.78 is 42.9. The minimum absolute atomic E-state index is 0.0739. The molecule has 8 heteroatoms. The van der Waals surface area contributed by atoms with E-state index in [1.165, 1.54) is 23.5 Å². The number of alkyl halides is 3. The molecule has 0 radical (unpaired) electrons. The molecule has 1 saturated heterocycles. The van der Waals surface area contributed by atoms with E-state index in [2.05, 4.69) is 0 Å². The average molecular weight is 526 g/mol. The second-order valence-electron chi connectivity index (χ2n) is 9.50. The highest BCUT2D eigenvalue weighted by Crippen LogP contribution is 2.42. The molecular weight excluding hydrogens is 499 g/mol. The zero-order chi connectivity index (χ0) is 26.2. The monoisotopic (exact) mass is 525 g/mol. The van der Waals surface area contributed by atoms with Crippen LogP contribution in [0.15, 0.2) is 72.8 Å². The highest BCUT2D eigenvalue weighted by atomic mass is 32.1. The number of benzene rings is 3. The van der Waals surface area contributed by atoms with Crippen LogP contribution in [0.3, 0.4) is 0 Å². The quantitative estimate of drug-likeness (QED) is 0.284. The largest absolute Gasteiger partial charge is 0.481 e. The lowest BCUT2D eigenvalue weighted by molar-refractivity contribution is -0.138. The van der Waals surface area contributed by atoms with Crippen LogP contribution in [-0.2, 0) is 16.6 Å². The number of carboxylic acids is 1. The minimum Gasteiger partial charge on any atom is -0.481 e. The number of carbonyl (C=O) groups is 1. The molecule has 0 bridgehead atoms. The number of carboxylic acid groups (broad SMARTS) is 1. The summed E-state index contributed by atoms with van der Waals surface area (Å²) in [5, 5.41) is 21.1. The molecular formula is C29H26F3NO3S. The van der Waals surface area contributed by atoms with Gasteiger partial charge in [0.25, 0.3) is 0 Å². The fourth-order valence-electron chi connectivity index (χ4n) is 4.97. The maximum Gasteiger partial charge on any atom is 0.417 e. The van der Waals surface area contributed by atoms with Gasteiger partial charge in [0.1, 0.15) is 0 Å². The first-order chi connectivity index (χ1) is 17.6. The number of halogens is 3. The number of rotatable bonds is 6. The average Bonchev–Trinajstić information content (AvgIpc) is 3.32. The Morgan fingerprint density at radius 2 is 1.68 bits per heavy atom. The predicted molar refractivity (Wildman–Crippen MR) is 140 cm³/mol. The summed E-state index contributed by atoms with van der Waals surface area (Å²) in [6, 6.07) is 20.6. The van der Waals surface area contributed by atoms with Gasteiger partial charge in [-0.15, -0.1) is 11.3 Å². The van der Waals surface area contributed by atoms with Gasteiger partial charge in [-0.1, -0.05) is 48.5 Å². The van der Waals surface area contributed by atoms with E-state index in [0.717, 1.165) is 20.5 Å². The van der Waals surface area contributed by atoms with Crippen LogP contribution in [-0.4, -0.2) is 40.7 Å². The van der Waals surface area contributed by atoms with Gasteiger partial charge in [0, 0.05) is 29.2 Å². The van der Waals surface area contributed by atoms with Crippen molar-refractivity contribution < 1.29 is 28.2 Å². The van der Waals surface area contributed by atoms with Crippen molar-refractivity contribution in [1.29, 1.82) is 0 Å². The van der Waals surface area contributed by atoms with Crippen molar-refractivity contribution in [3.8, 4) is 21.6 Å². The van der Waals surface area contributed by atoms with E-state index in [1.54, 1.807) is 36.4 Å². The molecule has 4 nitrogen and oxygen atoms in total. The molecule has 0 unspecified atom stereocenters. The number of likely N-dealkylation sites (tertiary alicyclic amines) is 1. The van der Waals surface area contributed by atoms with Crippen molar-refractivity contribution in [2.24, 2.45) is 0 Å². The molecule has 3 aromatic carbocycles. The molecule has 1 aliphatic rings. The van der Waals surface area contributed by atoms with E-state index >= 15 is 0 Å². The molecule has 0 atom stereocenters. The van der Waals surface area contributed by atoms with Crippen LogP contribution in [0.5, 0.6) is 0 Å². The number of nitrogens with zero attached hydrogens (tertiary/aromatic N) is 1. The molecule has 1 aliphatic heterocycles. The molecule has 0 saturated carbocycles. The number of fused-ring (bicyclic) bond motifs is 1. The van der Waals surface area contributed by atoms with Crippen molar-refractivity contribution in [1.82, 2.24) is 4.90 Å². The van der Waals surface area contributed by atoms with Crippen molar-refractivity contribution in [2.45, 2.75) is 31.0 Å². The van der Waals surface area contributed by atoms with Gasteiger partial charge in [-0.05, 0) is 64.7 Å². The Kier molecular flexibility index (Phi) is 6.83. The minimum atomic E-state index is -4.49. The van der Waals surface area contributed by atoms with Crippen LogP contribution in [0.4, 0.5) is 13.2 Å². The molecule has 1 aromatic heterocycles. The van der Waals surface area contributed by atoms with Crippen LogP contribution >= 0.6 is 11.3 Å². The normalized spacial score (nSPS) is 16.2. The fraction of sp³-hybridized carbons (Fsp3) is 0.276. The first-order valence-corrected chi connectivity index (χ1v) is 12.9. The molecule has 2 heterocycles.